The standard InChI is InChI=1S/C16H11F2N3O/c17-10-3-1-2-9(6-10)4-5-14-12-7-11(16(19)22)13(18)8-15(12)21-20-14/h1-8H,(H2,19,22)(H,20,21). The number of primary amides is 1. The molecule has 110 valence electrons. The SMILES string of the molecule is NC(=O)c1cc2c(C=Cc3cccc(F)c3)n[nH]c2cc1F. The molecular weight excluding hydrogens is 288 g/mol. The summed E-state index contributed by atoms with van der Waals surface area (Å²) >= 11 is 0. The third-order valence-corrected chi connectivity index (χ3v) is 3.23. The molecule has 0 radical (unpaired) electrons. The van der Waals surface area contributed by atoms with Gasteiger partial charge in [-0.2, -0.15) is 5.10 Å². The Bertz CT molecular complexity index is 900. The second-order valence-electron chi connectivity index (χ2n) is 4.74. The molecule has 0 atom stereocenters. The molecule has 0 spiro atoms. The number of hydrogen-bond acceptors (Lipinski definition) is 2. The van der Waals surface area contributed by atoms with E-state index in [-0.39, 0.29) is 11.4 Å². The van der Waals surface area contributed by atoms with Crippen LogP contribution < -0.4 is 5.73 Å². The lowest BCUT2D eigenvalue weighted by molar-refractivity contribution is 0.0996. The number of halogens is 2. The van der Waals surface area contributed by atoms with Crippen LogP contribution in [-0.2, 0) is 0 Å². The fraction of sp³-hybridized carbons (Fsp3) is 0. The normalized spacial score (nSPS) is 11.4. The third-order valence-electron chi connectivity index (χ3n) is 3.23. The van der Waals surface area contributed by atoms with Crippen LogP contribution in [0.4, 0.5) is 8.78 Å². The largest absolute Gasteiger partial charge is 0.366 e. The minimum atomic E-state index is -0.847. The number of nitrogens with two attached hydrogens (primary N) is 1. The predicted molar refractivity (Wildman–Crippen MR) is 79.9 cm³/mol. The van der Waals surface area contributed by atoms with Gasteiger partial charge in [-0.15, -0.1) is 0 Å². The molecule has 1 aromatic heterocycles. The lowest BCUT2D eigenvalue weighted by Crippen LogP contribution is -2.12. The first kappa shape index (κ1) is 13.9. The Morgan fingerprint density at radius 1 is 1.18 bits per heavy atom. The van der Waals surface area contributed by atoms with Gasteiger partial charge < -0.3 is 5.73 Å². The number of fused-ring (bicyclic) bond motifs is 1. The summed E-state index contributed by atoms with van der Waals surface area (Å²) in [7, 11) is 0. The van der Waals surface area contributed by atoms with Crippen LogP contribution in [-0.4, -0.2) is 16.1 Å². The Balaban J connectivity index is 2.04. The third kappa shape index (κ3) is 2.58. The number of amides is 1. The van der Waals surface area contributed by atoms with Crippen LogP contribution in [0.15, 0.2) is 36.4 Å². The fourth-order valence-corrected chi connectivity index (χ4v) is 2.16. The Kier molecular flexibility index (Phi) is 3.42. The van der Waals surface area contributed by atoms with Crippen molar-refractivity contribution in [3.63, 3.8) is 0 Å². The average molecular weight is 299 g/mol. The van der Waals surface area contributed by atoms with Gasteiger partial charge in [-0.1, -0.05) is 18.2 Å². The summed E-state index contributed by atoms with van der Waals surface area (Å²) in [5, 5.41) is 7.28. The zero-order valence-corrected chi connectivity index (χ0v) is 11.3. The number of nitrogens with zero attached hydrogens (tertiary/aromatic N) is 1. The number of hydrogen-bond donors (Lipinski definition) is 2. The predicted octanol–water partition coefficient (Wildman–Crippen LogP) is 3.11. The summed E-state index contributed by atoms with van der Waals surface area (Å²) in [6.07, 6.45) is 3.32. The van der Waals surface area contributed by atoms with Crippen molar-refractivity contribution in [1.29, 1.82) is 0 Å². The van der Waals surface area contributed by atoms with Crippen molar-refractivity contribution in [3.8, 4) is 0 Å². The van der Waals surface area contributed by atoms with E-state index >= 15 is 0 Å². The molecule has 0 unspecified atom stereocenters. The summed E-state index contributed by atoms with van der Waals surface area (Å²) in [5.41, 5.74) is 6.55. The molecule has 1 amide bonds. The molecule has 0 saturated heterocycles. The van der Waals surface area contributed by atoms with E-state index in [1.165, 1.54) is 24.3 Å². The maximum Gasteiger partial charge on any atom is 0.251 e. The average Bonchev–Trinajstić information content (AvgIpc) is 2.86. The maximum absolute atomic E-state index is 13.7. The first-order valence-electron chi connectivity index (χ1n) is 6.45. The molecule has 3 aromatic rings. The van der Waals surface area contributed by atoms with Gasteiger partial charge in [-0.3, -0.25) is 9.89 Å². The highest BCUT2D eigenvalue weighted by atomic mass is 19.1. The topological polar surface area (TPSA) is 71.8 Å². The van der Waals surface area contributed by atoms with Gasteiger partial charge in [0.2, 0.25) is 0 Å². The van der Waals surface area contributed by atoms with E-state index in [4.69, 9.17) is 5.73 Å². The van der Waals surface area contributed by atoms with Crippen LogP contribution in [0.25, 0.3) is 23.1 Å². The van der Waals surface area contributed by atoms with E-state index in [9.17, 15) is 13.6 Å². The van der Waals surface area contributed by atoms with Crippen molar-refractivity contribution in [1.82, 2.24) is 10.2 Å². The van der Waals surface area contributed by atoms with Gasteiger partial charge in [0.25, 0.3) is 5.91 Å². The Labute approximate surface area is 124 Å². The molecule has 0 aliphatic heterocycles. The Morgan fingerprint density at radius 3 is 2.73 bits per heavy atom. The molecule has 0 saturated carbocycles. The molecular formula is C16H11F2N3O. The van der Waals surface area contributed by atoms with Crippen molar-refractivity contribution in [2.24, 2.45) is 5.73 Å². The van der Waals surface area contributed by atoms with Crippen LogP contribution in [0, 0.1) is 11.6 Å². The van der Waals surface area contributed by atoms with Gasteiger partial charge in [-0.25, -0.2) is 8.78 Å². The van der Waals surface area contributed by atoms with Crippen molar-refractivity contribution >= 4 is 29.0 Å². The van der Waals surface area contributed by atoms with Gasteiger partial charge >= 0.3 is 0 Å². The Hall–Kier alpha value is -3.02. The minimum Gasteiger partial charge on any atom is -0.366 e. The zero-order valence-electron chi connectivity index (χ0n) is 11.3. The van der Waals surface area contributed by atoms with Gasteiger partial charge in [0.05, 0.1) is 16.8 Å². The second kappa shape index (κ2) is 5.40. The first-order chi connectivity index (χ1) is 10.5. The lowest BCUT2D eigenvalue weighted by atomic mass is 10.1. The highest BCUT2D eigenvalue weighted by molar-refractivity contribution is 5.99. The molecule has 3 N–H and O–H groups in total. The second-order valence-corrected chi connectivity index (χ2v) is 4.74. The number of H-pyrrole nitrogens is 1. The van der Waals surface area contributed by atoms with Crippen LogP contribution in [0.3, 0.4) is 0 Å². The van der Waals surface area contributed by atoms with Crippen molar-refractivity contribution in [2.75, 3.05) is 0 Å². The summed E-state index contributed by atoms with van der Waals surface area (Å²) < 4.78 is 26.8. The van der Waals surface area contributed by atoms with Crippen molar-refractivity contribution < 1.29 is 13.6 Å². The molecule has 22 heavy (non-hydrogen) atoms. The van der Waals surface area contributed by atoms with Gasteiger partial charge in [0, 0.05) is 11.5 Å². The van der Waals surface area contributed by atoms with Gasteiger partial charge in [0.1, 0.15) is 11.6 Å². The minimum absolute atomic E-state index is 0.200. The number of carbonyl (C=O) groups is 1. The van der Waals surface area contributed by atoms with E-state index in [0.29, 0.717) is 22.2 Å². The number of nitrogens with one attached hydrogen (secondary N) is 1. The molecule has 0 fully saturated rings. The van der Waals surface area contributed by atoms with E-state index in [1.807, 2.05) is 0 Å². The van der Waals surface area contributed by atoms with Crippen LogP contribution in [0.5, 0.6) is 0 Å². The monoisotopic (exact) mass is 299 g/mol. The molecule has 2 aromatic carbocycles. The van der Waals surface area contributed by atoms with E-state index in [2.05, 4.69) is 10.2 Å². The number of carbonyl (C=O) groups excluding carboxylic acids is 1. The molecule has 6 heteroatoms. The van der Waals surface area contributed by atoms with Crippen molar-refractivity contribution in [3.05, 3.63) is 64.9 Å². The van der Waals surface area contributed by atoms with Gasteiger partial charge in [-0.05, 0) is 29.8 Å². The van der Waals surface area contributed by atoms with Crippen LogP contribution in [0.1, 0.15) is 21.6 Å². The van der Waals surface area contributed by atoms with E-state index in [0.717, 1.165) is 0 Å². The number of rotatable bonds is 3. The number of benzene rings is 2. The smallest absolute Gasteiger partial charge is 0.251 e. The first-order valence-corrected chi connectivity index (χ1v) is 6.45. The lowest BCUT2D eigenvalue weighted by Gasteiger charge is -1.99. The molecule has 0 aliphatic rings. The zero-order chi connectivity index (χ0) is 15.7. The van der Waals surface area contributed by atoms with Gasteiger partial charge in [0.15, 0.2) is 0 Å². The highest BCUT2D eigenvalue weighted by Crippen LogP contribution is 2.22. The summed E-state index contributed by atoms with van der Waals surface area (Å²) in [5.74, 6) is -1.89. The van der Waals surface area contributed by atoms with E-state index < -0.39 is 11.7 Å². The van der Waals surface area contributed by atoms with Crippen LogP contribution in [0.2, 0.25) is 0 Å². The van der Waals surface area contributed by atoms with E-state index in [1.54, 1.807) is 24.3 Å². The van der Waals surface area contributed by atoms with Crippen molar-refractivity contribution in [2.45, 2.75) is 0 Å². The Morgan fingerprint density at radius 2 is 2.00 bits per heavy atom. The summed E-state index contributed by atoms with van der Waals surface area (Å²) in [4.78, 5) is 11.2. The fourth-order valence-electron chi connectivity index (χ4n) is 2.16. The summed E-state index contributed by atoms with van der Waals surface area (Å²) in [6, 6.07) is 8.58. The number of aromatic amines is 1. The molecule has 4 nitrogen and oxygen atoms in total. The summed E-state index contributed by atoms with van der Waals surface area (Å²) in [6.45, 7) is 0. The molecule has 0 aliphatic carbocycles. The maximum atomic E-state index is 13.7. The number of aromatic nitrogens is 2. The van der Waals surface area contributed by atoms with Crippen LogP contribution >= 0.6 is 0 Å². The highest BCUT2D eigenvalue weighted by Gasteiger charge is 2.13. The molecule has 1 heterocycles. The molecule has 0 bridgehead atoms. The molecule has 3 rings (SSSR count). The quantitative estimate of drug-likeness (QED) is 0.780.